The Morgan fingerprint density at radius 3 is 1.82 bits per heavy atom. The van der Waals surface area contributed by atoms with Crippen LogP contribution >= 0.6 is 11.6 Å². The van der Waals surface area contributed by atoms with Crippen molar-refractivity contribution in [3.8, 4) is 5.75 Å². The van der Waals surface area contributed by atoms with E-state index < -0.39 is 23.1 Å². The van der Waals surface area contributed by atoms with Crippen molar-refractivity contribution in [1.29, 1.82) is 0 Å². The van der Waals surface area contributed by atoms with Gasteiger partial charge in [-0.1, -0.05) is 101 Å². The minimum atomic E-state index is -1.72. The van der Waals surface area contributed by atoms with Gasteiger partial charge in [0.15, 0.2) is 4.90 Å². The third-order valence-electron chi connectivity index (χ3n) is 8.49. The van der Waals surface area contributed by atoms with E-state index >= 15 is 0 Å². The zero-order valence-corrected chi connectivity index (χ0v) is 31.4. The van der Waals surface area contributed by atoms with Gasteiger partial charge in [0.05, 0.1) is 24.5 Å². The Kier molecular flexibility index (Phi) is 11.6. The summed E-state index contributed by atoms with van der Waals surface area (Å²) in [5.41, 5.74) is 6.45. The van der Waals surface area contributed by atoms with E-state index in [-0.39, 0.29) is 41.9 Å². The number of aromatic carboxylic acids is 1. The molecule has 0 saturated carbocycles. The first-order chi connectivity index (χ1) is 22.7. The van der Waals surface area contributed by atoms with Crippen LogP contribution in [0.3, 0.4) is 0 Å². The molecule has 0 bridgehead atoms. The Hall–Kier alpha value is -3.82. The average Bonchev–Trinajstić information content (AvgIpc) is 2.98. The summed E-state index contributed by atoms with van der Waals surface area (Å²) in [6.07, 6.45) is 0. The van der Waals surface area contributed by atoms with Crippen LogP contribution in [0, 0.1) is 20.8 Å². The third-order valence-corrected chi connectivity index (χ3v) is 10.5. The summed E-state index contributed by atoms with van der Waals surface area (Å²) in [6, 6.07) is 21.7. The fourth-order valence-electron chi connectivity index (χ4n) is 5.80. The second-order valence-corrected chi connectivity index (χ2v) is 16.7. The largest absolute Gasteiger partial charge is 0.593 e. The number of carboxylic acids is 1. The topological polar surface area (TPSA) is 104 Å². The maximum atomic E-state index is 14.6. The van der Waals surface area contributed by atoms with Crippen LogP contribution in [-0.4, -0.2) is 37.5 Å². The summed E-state index contributed by atoms with van der Waals surface area (Å²) in [6.45, 7) is 18.8. The van der Waals surface area contributed by atoms with E-state index in [1.807, 2.05) is 45.0 Å². The number of aryl methyl sites for hydroxylation is 3. The van der Waals surface area contributed by atoms with Gasteiger partial charge in [0, 0.05) is 27.9 Å². The molecule has 49 heavy (non-hydrogen) atoms. The molecule has 260 valence electrons. The molecule has 0 heterocycles. The second-order valence-electron chi connectivity index (χ2n) is 14.8. The van der Waals surface area contributed by atoms with Crippen molar-refractivity contribution in [2.24, 2.45) is 0 Å². The highest BCUT2D eigenvalue weighted by Gasteiger charge is 2.32. The molecule has 0 saturated heterocycles. The van der Waals surface area contributed by atoms with Crippen LogP contribution in [0.15, 0.2) is 77.7 Å². The van der Waals surface area contributed by atoms with Crippen LogP contribution in [0.25, 0.3) is 0 Å². The Bertz CT molecular complexity index is 1790. The summed E-state index contributed by atoms with van der Waals surface area (Å²) in [5.74, 6) is -2.09. The summed E-state index contributed by atoms with van der Waals surface area (Å²) >= 11 is 4.45. The number of amides is 1. The van der Waals surface area contributed by atoms with E-state index in [4.69, 9.17) is 11.6 Å². The van der Waals surface area contributed by atoms with Gasteiger partial charge in [0.25, 0.3) is 0 Å². The SMILES string of the molecule is Cc1cc(C)c([S+]([O-])N(CC(=O)N(Cc2cc(C(C)(C)C)cc(C(C)(C)C)c2)c2ccc(C(=O)O)c(O)c2)Cc2ccc(Cl)cc2)c(C)c1. The summed E-state index contributed by atoms with van der Waals surface area (Å²) in [4.78, 5) is 28.5. The van der Waals surface area contributed by atoms with Gasteiger partial charge in [-0.15, -0.1) is 4.31 Å². The number of hydrogen-bond donors (Lipinski definition) is 2. The number of carboxylic acid groups (broad SMARTS) is 1. The van der Waals surface area contributed by atoms with Crippen LogP contribution in [-0.2, 0) is 40.1 Å². The van der Waals surface area contributed by atoms with E-state index in [1.54, 1.807) is 16.4 Å². The third kappa shape index (κ3) is 9.45. The lowest BCUT2D eigenvalue weighted by molar-refractivity contribution is -0.119. The predicted octanol–water partition coefficient (Wildman–Crippen LogP) is 9.02. The Balaban J connectivity index is 1.83. The number of aromatic hydroxyl groups is 1. The Morgan fingerprint density at radius 2 is 1.33 bits per heavy atom. The van der Waals surface area contributed by atoms with Gasteiger partial charge < -0.3 is 19.7 Å². The maximum absolute atomic E-state index is 14.6. The van der Waals surface area contributed by atoms with Crippen LogP contribution in [0.5, 0.6) is 5.75 Å². The number of carbonyl (C=O) groups excluding carboxylic acids is 1. The molecule has 2 N–H and O–H groups in total. The summed E-state index contributed by atoms with van der Waals surface area (Å²) in [7, 11) is 0. The molecular formula is C40H47ClN2O5S. The van der Waals surface area contributed by atoms with Gasteiger partial charge in [-0.05, 0) is 78.1 Å². The lowest BCUT2D eigenvalue weighted by Crippen LogP contribution is -2.43. The number of halogens is 1. The number of phenols is 1. The fourth-order valence-corrected chi connectivity index (χ4v) is 7.35. The van der Waals surface area contributed by atoms with Gasteiger partial charge in [0.1, 0.15) is 17.9 Å². The number of benzene rings is 4. The first-order valence-corrected chi connectivity index (χ1v) is 17.7. The monoisotopic (exact) mass is 702 g/mol. The highest BCUT2D eigenvalue weighted by molar-refractivity contribution is 7.89. The lowest BCUT2D eigenvalue weighted by atomic mass is 9.79. The van der Waals surface area contributed by atoms with Gasteiger partial charge in [0.2, 0.25) is 5.91 Å². The number of anilines is 1. The van der Waals surface area contributed by atoms with E-state index in [9.17, 15) is 24.4 Å². The zero-order chi connectivity index (χ0) is 36.4. The Morgan fingerprint density at radius 1 is 0.776 bits per heavy atom. The first kappa shape index (κ1) is 38.0. The van der Waals surface area contributed by atoms with Gasteiger partial charge in [-0.2, -0.15) is 0 Å². The number of nitrogens with zero attached hydrogens (tertiary/aromatic N) is 2. The van der Waals surface area contributed by atoms with Crippen LogP contribution in [0.2, 0.25) is 5.02 Å². The molecule has 4 aromatic rings. The van der Waals surface area contributed by atoms with Crippen molar-refractivity contribution in [2.45, 2.75) is 91.1 Å². The lowest BCUT2D eigenvalue weighted by Gasteiger charge is -2.30. The molecule has 1 amide bonds. The van der Waals surface area contributed by atoms with Crippen LogP contribution < -0.4 is 4.90 Å². The van der Waals surface area contributed by atoms with Crippen LogP contribution in [0.1, 0.15) is 90.8 Å². The first-order valence-electron chi connectivity index (χ1n) is 16.3. The standard InChI is InChI=1S/C40H47ClN2O5S/c1-25-16-26(2)37(27(3)17-25)49(48)42(22-28-10-12-32(41)13-11-28)24-36(45)43(33-14-15-34(38(46)47)35(44)21-33)23-29-18-30(39(4,5)6)20-31(19-29)40(7,8)9/h10-21,44H,22-24H2,1-9H3,(H,46,47). The molecule has 7 nitrogen and oxygen atoms in total. The van der Waals surface area contributed by atoms with Gasteiger partial charge in [-0.3, -0.25) is 4.79 Å². The zero-order valence-electron chi connectivity index (χ0n) is 29.8. The molecule has 1 unspecified atom stereocenters. The highest BCUT2D eigenvalue weighted by atomic mass is 35.5. The fraction of sp³-hybridized carbons (Fsp3) is 0.350. The number of rotatable bonds is 10. The van der Waals surface area contributed by atoms with Crippen molar-refractivity contribution in [2.75, 3.05) is 11.4 Å². The molecule has 0 radical (unpaired) electrons. The van der Waals surface area contributed by atoms with E-state index in [0.717, 1.165) is 38.9 Å². The normalized spacial score (nSPS) is 12.7. The minimum Gasteiger partial charge on any atom is -0.593 e. The molecule has 1 atom stereocenters. The molecule has 0 spiro atoms. The van der Waals surface area contributed by atoms with Crippen molar-refractivity contribution < 1.29 is 24.4 Å². The van der Waals surface area contributed by atoms with Crippen molar-refractivity contribution >= 4 is 40.5 Å². The van der Waals surface area contributed by atoms with E-state index in [2.05, 4.69) is 59.7 Å². The summed E-state index contributed by atoms with van der Waals surface area (Å²) < 4.78 is 16.1. The Labute approximate surface area is 298 Å². The highest BCUT2D eigenvalue weighted by Crippen LogP contribution is 2.33. The molecule has 0 aliphatic carbocycles. The number of hydrogen-bond acceptors (Lipinski definition) is 5. The maximum Gasteiger partial charge on any atom is 0.339 e. The molecule has 0 aromatic heterocycles. The quantitative estimate of drug-likeness (QED) is 0.160. The van der Waals surface area contributed by atoms with Gasteiger partial charge >= 0.3 is 5.97 Å². The molecule has 0 fully saturated rings. The summed E-state index contributed by atoms with van der Waals surface area (Å²) in [5, 5.41) is 20.8. The van der Waals surface area contributed by atoms with Crippen molar-refractivity contribution in [3.05, 3.63) is 122 Å². The molecule has 9 heteroatoms. The average molecular weight is 703 g/mol. The van der Waals surface area contributed by atoms with E-state index in [1.165, 1.54) is 23.1 Å². The number of carbonyl (C=O) groups is 2. The second kappa shape index (κ2) is 15.0. The molecule has 4 rings (SSSR count). The van der Waals surface area contributed by atoms with Crippen molar-refractivity contribution in [3.63, 3.8) is 0 Å². The van der Waals surface area contributed by atoms with Gasteiger partial charge in [-0.25, -0.2) is 4.79 Å². The smallest absolute Gasteiger partial charge is 0.339 e. The minimum absolute atomic E-state index is 0.141. The van der Waals surface area contributed by atoms with Crippen LogP contribution in [0.4, 0.5) is 5.69 Å². The predicted molar refractivity (Wildman–Crippen MR) is 199 cm³/mol. The molecule has 0 aliphatic heterocycles. The van der Waals surface area contributed by atoms with E-state index in [0.29, 0.717) is 15.6 Å². The molecule has 4 aromatic carbocycles. The molecular weight excluding hydrogens is 656 g/mol. The van der Waals surface area contributed by atoms with Crippen molar-refractivity contribution in [1.82, 2.24) is 4.31 Å². The molecule has 0 aliphatic rings.